The van der Waals surface area contributed by atoms with Crippen molar-refractivity contribution in [3.8, 4) is 0 Å². The number of nitrogens with one attached hydrogen (secondary N) is 1. The molecule has 1 aliphatic heterocycles. The third-order valence-corrected chi connectivity index (χ3v) is 6.59. The van der Waals surface area contributed by atoms with Crippen molar-refractivity contribution in [1.82, 2.24) is 15.2 Å². The Bertz CT molecular complexity index is 792. The topological polar surface area (TPSA) is 54.5 Å². The molecule has 1 N–H and O–H groups in total. The molecule has 6 heteroatoms. The molecule has 1 aliphatic carbocycles. The first-order valence-electron chi connectivity index (χ1n) is 9.75. The highest BCUT2D eigenvalue weighted by Crippen LogP contribution is 2.42. The predicted molar refractivity (Wildman–Crippen MR) is 107 cm³/mol. The van der Waals surface area contributed by atoms with Crippen LogP contribution in [0.4, 0.5) is 0 Å². The van der Waals surface area contributed by atoms with Gasteiger partial charge in [-0.25, -0.2) is 4.98 Å². The quantitative estimate of drug-likeness (QED) is 0.828. The third kappa shape index (κ3) is 4.57. The highest BCUT2D eigenvalue weighted by molar-refractivity contribution is 7.14. The lowest BCUT2D eigenvalue weighted by Crippen LogP contribution is -2.43. The predicted octanol–water partition coefficient (Wildman–Crippen LogP) is 3.44. The van der Waals surface area contributed by atoms with Gasteiger partial charge in [0.05, 0.1) is 30.0 Å². The van der Waals surface area contributed by atoms with Gasteiger partial charge in [-0.2, -0.15) is 0 Å². The molecule has 2 aliphatic rings. The van der Waals surface area contributed by atoms with Gasteiger partial charge >= 0.3 is 0 Å². The van der Waals surface area contributed by atoms with Crippen LogP contribution in [0.15, 0.2) is 24.3 Å². The van der Waals surface area contributed by atoms with Crippen LogP contribution in [-0.4, -0.2) is 48.6 Å². The number of rotatable bonds is 6. The normalized spacial score (nSPS) is 19.0. The summed E-state index contributed by atoms with van der Waals surface area (Å²) in [6.45, 7) is 8.15. The number of morpholine rings is 1. The highest BCUT2D eigenvalue weighted by atomic mass is 32.1. The number of nitrogens with zero attached hydrogens (tertiary/aromatic N) is 2. The molecule has 1 amide bonds. The molecule has 1 saturated heterocycles. The molecular formula is C21H27N3O2S. The SMILES string of the molecule is Cc1ccc(C(CN2CCOCC2)NC(=O)c2sc(C3CC3)nc2C)cc1. The molecule has 144 valence electrons. The second kappa shape index (κ2) is 8.09. The second-order valence-corrected chi connectivity index (χ2v) is 8.62. The van der Waals surface area contributed by atoms with E-state index in [1.165, 1.54) is 18.4 Å². The number of aryl methyl sites for hydroxylation is 2. The maximum atomic E-state index is 13.0. The number of carbonyl (C=O) groups excluding carboxylic acids is 1. The van der Waals surface area contributed by atoms with E-state index in [0.717, 1.165) is 54.0 Å². The summed E-state index contributed by atoms with van der Waals surface area (Å²) in [7, 11) is 0. The average molecular weight is 386 g/mol. The van der Waals surface area contributed by atoms with E-state index in [4.69, 9.17) is 4.74 Å². The summed E-state index contributed by atoms with van der Waals surface area (Å²) in [5, 5.41) is 4.40. The first-order valence-corrected chi connectivity index (χ1v) is 10.6. The minimum Gasteiger partial charge on any atom is -0.379 e. The molecule has 2 fully saturated rings. The summed E-state index contributed by atoms with van der Waals surface area (Å²) < 4.78 is 5.46. The van der Waals surface area contributed by atoms with Crippen LogP contribution in [-0.2, 0) is 4.74 Å². The lowest BCUT2D eigenvalue weighted by Gasteiger charge is -2.31. The Hall–Kier alpha value is -1.76. The van der Waals surface area contributed by atoms with Gasteiger partial charge in [0.15, 0.2) is 0 Å². The summed E-state index contributed by atoms with van der Waals surface area (Å²) >= 11 is 1.57. The molecule has 27 heavy (non-hydrogen) atoms. The number of hydrogen-bond acceptors (Lipinski definition) is 5. The largest absolute Gasteiger partial charge is 0.379 e. The maximum absolute atomic E-state index is 13.0. The zero-order chi connectivity index (χ0) is 18.8. The molecule has 4 rings (SSSR count). The van der Waals surface area contributed by atoms with Crippen molar-refractivity contribution in [1.29, 1.82) is 0 Å². The van der Waals surface area contributed by atoms with Gasteiger partial charge < -0.3 is 10.1 Å². The molecule has 1 unspecified atom stereocenters. The fraction of sp³-hybridized carbons (Fsp3) is 0.524. The summed E-state index contributed by atoms with van der Waals surface area (Å²) in [6, 6.07) is 8.42. The van der Waals surface area contributed by atoms with Crippen molar-refractivity contribution in [2.45, 2.75) is 38.6 Å². The van der Waals surface area contributed by atoms with Crippen molar-refractivity contribution in [2.75, 3.05) is 32.8 Å². The van der Waals surface area contributed by atoms with E-state index in [9.17, 15) is 4.79 Å². The average Bonchev–Trinajstić information content (AvgIpc) is 3.45. The fourth-order valence-electron chi connectivity index (χ4n) is 3.43. The molecular weight excluding hydrogens is 358 g/mol. The standard InChI is InChI=1S/C21H27N3O2S/c1-14-3-5-16(6-4-14)18(13-24-9-11-26-12-10-24)23-20(25)19-15(2)22-21(27-19)17-7-8-17/h3-6,17-18H,7-13H2,1-2H3,(H,23,25). The molecule has 1 aromatic heterocycles. The molecule has 5 nitrogen and oxygen atoms in total. The zero-order valence-electron chi connectivity index (χ0n) is 16.0. The van der Waals surface area contributed by atoms with E-state index < -0.39 is 0 Å². The Kier molecular flexibility index (Phi) is 5.57. The van der Waals surface area contributed by atoms with Crippen molar-refractivity contribution in [2.24, 2.45) is 0 Å². The Morgan fingerprint density at radius 2 is 1.96 bits per heavy atom. The van der Waals surface area contributed by atoms with E-state index in [1.54, 1.807) is 11.3 Å². The van der Waals surface area contributed by atoms with Crippen molar-refractivity contribution in [3.63, 3.8) is 0 Å². The number of amides is 1. The first kappa shape index (κ1) is 18.6. The number of ether oxygens (including phenoxy) is 1. The van der Waals surface area contributed by atoms with Crippen LogP contribution >= 0.6 is 11.3 Å². The fourth-order valence-corrected chi connectivity index (χ4v) is 4.57. The van der Waals surface area contributed by atoms with Gasteiger partial charge in [0.25, 0.3) is 5.91 Å². The lowest BCUT2D eigenvalue weighted by molar-refractivity contribution is 0.0332. The summed E-state index contributed by atoms with van der Waals surface area (Å²) in [5.41, 5.74) is 3.22. The number of thiazole rings is 1. The molecule has 0 radical (unpaired) electrons. The third-order valence-electron chi connectivity index (χ3n) is 5.28. The van der Waals surface area contributed by atoms with Crippen LogP contribution in [0, 0.1) is 13.8 Å². The Balaban J connectivity index is 1.52. The smallest absolute Gasteiger partial charge is 0.263 e. The monoisotopic (exact) mass is 385 g/mol. The summed E-state index contributed by atoms with van der Waals surface area (Å²) in [4.78, 5) is 20.8. The Morgan fingerprint density at radius 1 is 1.26 bits per heavy atom. The lowest BCUT2D eigenvalue weighted by atomic mass is 10.0. The van der Waals surface area contributed by atoms with Gasteiger partial charge in [-0.3, -0.25) is 9.69 Å². The number of benzene rings is 1. The molecule has 2 aromatic rings. The Morgan fingerprint density at radius 3 is 2.63 bits per heavy atom. The molecule has 1 atom stereocenters. The van der Waals surface area contributed by atoms with Crippen molar-refractivity contribution >= 4 is 17.2 Å². The zero-order valence-corrected chi connectivity index (χ0v) is 16.8. The first-order chi connectivity index (χ1) is 13.1. The van der Waals surface area contributed by atoms with Crippen LogP contribution in [0.5, 0.6) is 0 Å². The number of carbonyl (C=O) groups is 1. The molecule has 0 spiro atoms. The molecule has 0 bridgehead atoms. The minimum absolute atomic E-state index is 0.00395. The van der Waals surface area contributed by atoms with Crippen molar-refractivity contribution < 1.29 is 9.53 Å². The number of aromatic nitrogens is 1. The van der Waals surface area contributed by atoms with Crippen LogP contribution in [0.1, 0.15) is 56.3 Å². The maximum Gasteiger partial charge on any atom is 0.263 e. The minimum atomic E-state index is -0.0397. The Labute approximate surface area is 164 Å². The van der Waals surface area contributed by atoms with Gasteiger partial charge in [0.1, 0.15) is 4.88 Å². The van der Waals surface area contributed by atoms with Crippen LogP contribution in [0.2, 0.25) is 0 Å². The van der Waals surface area contributed by atoms with Gasteiger partial charge in [0, 0.05) is 25.6 Å². The highest BCUT2D eigenvalue weighted by Gasteiger charge is 2.29. The van der Waals surface area contributed by atoms with E-state index in [1.807, 2.05) is 6.92 Å². The van der Waals surface area contributed by atoms with E-state index in [-0.39, 0.29) is 11.9 Å². The molecule has 2 heterocycles. The van der Waals surface area contributed by atoms with Gasteiger partial charge in [-0.1, -0.05) is 29.8 Å². The second-order valence-electron chi connectivity index (χ2n) is 7.59. The van der Waals surface area contributed by atoms with E-state index >= 15 is 0 Å². The molecule has 1 saturated carbocycles. The van der Waals surface area contributed by atoms with Gasteiger partial charge in [0.2, 0.25) is 0 Å². The van der Waals surface area contributed by atoms with Crippen molar-refractivity contribution in [3.05, 3.63) is 51.0 Å². The van der Waals surface area contributed by atoms with E-state index in [2.05, 4.69) is 46.4 Å². The van der Waals surface area contributed by atoms with Gasteiger partial charge in [-0.05, 0) is 32.3 Å². The van der Waals surface area contributed by atoms with Crippen LogP contribution < -0.4 is 5.32 Å². The summed E-state index contributed by atoms with van der Waals surface area (Å²) in [5.74, 6) is 0.576. The number of hydrogen-bond donors (Lipinski definition) is 1. The summed E-state index contributed by atoms with van der Waals surface area (Å²) in [6.07, 6.45) is 2.41. The van der Waals surface area contributed by atoms with Crippen LogP contribution in [0.3, 0.4) is 0 Å². The van der Waals surface area contributed by atoms with Gasteiger partial charge in [-0.15, -0.1) is 11.3 Å². The molecule has 1 aromatic carbocycles. The van der Waals surface area contributed by atoms with Crippen LogP contribution in [0.25, 0.3) is 0 Å². The van der Waals surface area contributed by atoms with E-state index in [0.29, 0.717) is 5.92 Å².